The van der Waals surface area contributed by atoms with Crippen LogP contribution in [0.4, 0.5) is 5.69 Å². The van der Waals surface area contributed by atoms with Gasteiger partial charge in [0.2, 0.25) is 0 Å². The van der Waals surface area contributed by atoms with Gasteiger partial charge in [-0.2, -0.15) is 0 Å². The van der Waals surface area contributed by atoms with Crippen molar-refractivity contribution in [3.63, 3.8) is 0 Å². The fourth-order valence-corrected chi connectivity index (χ4v) is 3.51. The van der Waals surface area contributed by atoms with Gasteiger partial charge in [0, 0.05) is 23.0 Å². The van der Waals surface area contributed by atoms with Crippen LogP contribution in [0.25, 0.3) is 11.3 Å². The summed E-state index contributed by atoms with van der Waals surface area (Å²) in [6.45, 7) is 1.33. The molecule has 24 heavy (non-hydrogen) atoms. The molecular formula is C14H12N4O5S. The van der Waals surface area contributed by atoms with E-state index in [-0.39, 0.29) is 11.4 Å². The van der Waals surface area contributed by atoms with Crippen LogP contribution < -0.4 is 16.0 Å². The maximum Gasteiger partial charge on any atom is 0.325 e. The highest BCUT2D eigenvalue weighted by Gasteiger charge is 2.22. The topological polar surface area (TPSA) is 138 Å². The smallest absolute Gasteiger partial charge is 0.325 e. The molecule has 3 aromatic rings. The molecule has 0 amide bonds. The number of aryl methyl sites for hydroxylation is 1. The Bertz CT molecular complexity index is 1100. The van der Waals surface area contributed by atoms with Crippen molar-refractivity contribution >= 4 is 15.7 Å². The Kier molecular flexibility index (Phi) is 3.81. The highest BCUT2D eigenvalue weighted by molar-refractivity contribution is 7.92. The number of anilines is 1. The van der Waals surface area contributed by atoms with E-state index in [9.17, 15) is 18.0 Å². The molecule has 1 aromatic carbocycles. The normalized spacial score (nSPS) is 11.4. The lowest BCUT2D eigenvalue weighted by Crippen LogP contribution is -2.31. The molecule has 3 rings (SSSR count). The molecule has 0 unspecified atom stereocenters. The van der Waals surface area contributed by atoms with Crippen molar-refractivity contribution in [2.75, 3.05) is 4.72 Å². The number of rotatable bonds is 4. The van der Waals surface area contributed by atoms with Gasteiger partial charge in [-0.15, -0.1) is 0 Å². The van der Waals surface area contributed by atoms with Crippen LogP contribution in [0.1, 0.15) is 5.69 Å². The standard InChI is InChI=1S/C14H12N4O5S/c1-8-12(13(19)17-14(20)16-8)24(21,22)18-10-4-2-3-9(7-10)11-5-6-15-23-11/h2-7,18H,1H3,(H2,16,17,19,20). The Morgan fingerprint density at radius 1 is 1.17 bits per heavy atom. The minimum atomic E-state index is -4.19. The quantitative estimate of drug-likeness (QED) is 0.638. The number of aromatic nitrogens is 3. The summed E-state index contributed by atoms with van der Waals surface area (Å²) >= 11 is 0. The van der Waals surface area contributed by atoms with E-state index in [0.29, 0.717) is 11.3 Å². The molecule has 0 bridgehead atoms. The number of nitrogens with one attached hydrogen (secondary N) is 3. The van der Waals surface area contributed by atoms with Crippen LogP contribution in [0.15, 0.2) is 55.5 Å². The number of aromatic amines is 2. The zero-order chi connectivity index (χ0) is 17.3. The van der Waals surface area contributed by atoms with Crippen molar-refractivity contribution in [3.8, 4) is 11.3 Å². The molecule has 3 N–H and O–H groups in total. The van der Waals surface area contributed by atoms with Crippen molar-refractivity contribution in [3.05, 3.63) is 63.1 Å². The Balaban J connectivity index is 2.01. The lowest BCUT2D eigenvalue weighted by molar-refractivity contribution is 0.432. The molecule has 0 spiro atoms. The minimum Gasteiger partial charge on any atom is -0.356 e. The van der Waals surface area contributed by atoms with Crippen molar-refractivity contribution in [2.45, 2.75) is 11.8 Å². The van der Waals surface area contributed by atoms with E-state index in [4.69, 9.17) is 4.52 Å². The molecule has 0 aliphatic rings. The van der Waals surface area contributed by atoms with E-state index in [1.807, 2.05) is 4.98 Å². The molecule has 0 atom stereocenters. The number of hydrogen-bond acceptors (Lipinski definition) is 6. The van der Waals surface area contributed by atoms with Crippen LogP contribution in [-0.4, -0.2) is 23.5 Å². The first-order valence-corrected chi connectivity index (χ1v) is 8.22. The molecule has 0 saturated carbocycles. The van der Waals surface area contributed by atoms with E-state index in [1.54, 1.807) is 18.2 Å². The summed E-state index contributed by atoms with van der Waals surface area (Å²) in [6.07, 6.45) is 1.47. The molecule has 0 radical (unpaired) electrons. The number of benzene rings is 1. The molecular weight excluding hydrogens is 336 g/mol. The van der Waals surface area contributed by atoms with Gasteiger partial charge in [-0.05, 0) is 19.1 Å². The van der Waals surface area contributed by atoms with Crippen LogP contribution in [0.5, 0.6) is 0 Å². The third-order valence-electron chi connectivity index (χ3n) is 3.18. The Hall–Kier alpha value is -3.14. The van der Waals surface area contributed by atoms with Crippen molar-refractivity contribution in [2.24, 2.45) is 0 Å². The van der Waals surface area contributed by atoms with Crippen LogP contribution >= 0.6 is 0 Å². The van der Waals surface area contributed by atoms with Gasteiger partial charge in [0.15, 0.2) is 10.7 Å². The third kappa shape index (κ3) is 2.99. The highest BCUT2D eigenvalue weighted by atomic mass is 32.2. The van der Waals surface area contributed by atoms with Crippen LogP contribution in [0, 0.1) is 6.92 Å². The van der Waals surface area contributed by atoms with E-state index in [0.717, 1.165) is 0 Å². The average molecular weight is 348 g/mol. The van der Waals surface area contributed by atoms with E-state index in [2.05, 4.69) is 14.9 Å². The Morgan fingerprint density at radius 3 is 2.62 bits per heavy atom. The summed E-state index contributed by atoms with van der Waals surface area (Å²) in [4.78, 5) is 26.6. The Labute approximate surface area is 135 Å². The maximum atomic E-state index is 12.5. The fourth-order valence-electron chi connectivity index (χ4n) is 2.22. The number of sulfonamides is 1. The van der Waals surface area contributed by atoms with Crippen molar-refractivity contribution in [1.29, 1.82) is 0 Å². The second-order valence-electron chi connectivity index (χ2n) is 4.93. The lowest BCUT2D eigenvalue weighted by Gasteiger charge is -2.09. The predicted octanol–water partition coefficient (Wildman–Crippen LogP) is 0.827. The number of nitrogens with zero attached hydrogens (tertiary/aromatic N) is 1. The molecule has 2 aromatic heterocycles. The van der Waals surface area contributed by atoms with Gasteiger partial charge in [0.1, 0.15) is 0 Å². The van der Waals surface area contributed by atoms with Gasteiger partial charge in [-0.25, -0.2) is 13.2 Å². The average Bonchev–Trinajstić information content (AvgIpc) is 2.99. The number of H-pyrrole nitrogens is 2. The zero-order valence-corrected chi connectivity index (χ0v) is 13.2. The van der Waals surface area contributed by atoms with E-state index < -0.39 is 26.2 Å². The molecule has 124 valence electrons. The molecule has 0 saturated heterocycles. The summed E-state index contributed by atoms with van der Waals surface area (Å²) in [5, 5.41) is 3.59. The monoisotopic (exact) mass is 348 g/mol. The minimum absolute atomic E-state index is 0.0531. The largest absolute Gasteiger partial charge is 0.356 e. The van der Waals surface area contributed by atoms with Gasteiger partial charge in [0.05, 0.1) is 6.20 Å². The van der Waals surface area contributed by atoms with Crippen LogP contribution in [-0.2, 0) is 10.0 Å². The van der Waals surface area contributed by atoms with Gasteiger partial charge in [-0.1, -0.05) is 17.3 Å². The second kappa shape index (κ2) is 5.81. The molecule has 0 aliphatic heterocycles. The van der Waals surface area contributed by atoms with Crippen LogP contribution in [0.2, 0.25) is 0 Å². The predicted molar refractivity (Wildman–Crippen MR) is 85.2 cm³/mol. The van der Waals surface area contributed by atoms with E-state index in [1.165, 1.54) is 25.3 Å². The summed E-state index contributed by atoms with van der Waals surface area (Å²) in [7, 11) is -4.19. The molecule has 2 heterocycles. The van der Waals surface area contributed by atoms with Gasteiger partial charge in [0.25, 0.3) is 15.6 Å². The van der Waals surface area contributed by atoms with Gasteiger partial charge < -0.3 is 9.51 Å². The SMILES string of the molecule is Cc1[nH]c(=O)[nH]c(=O)c1S(=O)(=O)Nc1cccc(-c2ccno2)c1. The first-order valence-electron chi connectivity index (χ1n) is 6.74. The van der Waals surface area contributed by atoms with E-state index >= 15 is 0 Å². The fraction of sp³-hybridized carbons (Fsp3) is 0.0714. The van der Waals surface area contributed by atoms with Crippen molar-refractivity contribution < 1.29 is 12.9 Å². The third-order valence-corrected chi connectivity index (χ3v) is 4.71. The highest BCUT2D eigenvalue weighted by Crippen LogP contribution is 2.23. The van der Waals surface area contributed by atoms with Gasteiger partial charge >= 0.3 is 5.69 Å². The maximum absolute atomic E-state index is 12.5. The first kappa shape index (κ1) is 15.7. The summed E-state index contributed by atoms with van der Waals surface area (Å²) in [5.41, 5.74) is -0.977. The number of hydrogen-bond donors (Lipinski definition) is 3. The first-order chi connectivity index (χ1) is 11.4. The lowest BCUT2D eigenvalue weighted by atomic mass is 10.1. The summed E-state index contributed by atoms with van der Waals surface area (Å²) in [5.74, 6) is 0.467. The summed E-state index contributed by atoms with van der Waals surface area (Å²) < 4.78 is 32.3. The molecule has 10 heteroatoms. The second-order valence-corrected chi connectivity index (χ2v) is 6.54. The molecule has 0 aliphatic carbocycles. The Morgan fingerprint density at radius 2 is 1.96 bits per heavy atom. The zero-order valence-electron chi connectivity index (χ0n) is 12.4. The van der Waals surface area contributed by atoms with Crippen LogP contribution in [0.3, 0.4) is 0 Å². The van der Waals surface area contributed by atoms with Gasteiger partial charge in [-0.3, -0.25) is 14.5 Å². The molecule has 9 nitrogen and oxygen atoms in total. The molecule has 0 fully saturated rings. The van der Waals surface area contributed by atoms with Crippen molar-refractivity contribution in [1.82, 2.24) is 15.1 Å². The summed E-state index contributed by atoms with van der Waals surface area (Å²) in [6, 6.07) is 8.03.